The van der Waals surface area contributed by atoms with Crippen LogP contribution in [0.1, 0.15) is 28.4 Å². The van der Waals surface area contributed by atoms with E-state index in [1.165, 1.54) is 0 Å². The van der Waals surface area contributed by atoms with E-state index in [0.717, 1.165) is 11.1 Å². The van der Waals surface area contributed by atoms with Crippen molar-refractivity contribution in [2.75, 3.05) is 6.61 Å². The first kappa shape index (κ1) is 20.4. The number of rotatable bonds is 8. The zero-order valence-electron chi connectivity index (χ0n) is 16.0. The minimum atomic E-state index is -0.269. The average Bonchev–Trinajstić information content (AvgIpc) is 2.75. The molecule has 0 bridgehead atoms. The number of ether oxygens (including phenoxy) is 2. The van der Waals surface area contributed by atoms with Crippen molar-refractivity contribution >= 4 is 23.7 Å². The number of halogens is 1. The molecule has 3 rings (SSSR count). The summed E-state index contributed by atoms with van der Waals surface area (Å²) in [7, 11) is 0. The van der Waals surface area contributed by atoms with Crippen LogP contribution in [0.15, 0.2) is 77.9 Å². The van der Waals surface area contributed by atoms with E-state index in [0.29, 0.717) is 35.3 Å². The Labute approximate surface area is 174 Å². The number of carbonyl (C=O) groups excluding carboxylic acids is 1. The number of hydrogen-bond acceptors (Lipinski definition) is 4. The second-order valence-corrected chi connectivity index (χ2v) is 6.56. The van der Waals surface area contributed by atoms with Gasteiger partial charge in [0.25, 0.3) is 5.91 Å². The maximum absolute atomic E-state index is 12.0. The maximum atomic E-state index is 12.0. The highest BCUT2D eigenvalue weighted by Crippen LogP contribution is 2.29. The third-order valence-corrected chi connectivity index (χ3v) is 4.24. The van der Waals surface area contributed by atoms with Gasteiger partial charge in [0.1, 0.15) is 6.61 Å². The van der Waals surface area contributed by atoms with Crippen LogP contribution in [0.3, 0.4) is 0 Å². The van der Waals surface area contributed by atoms with Crippen molar-refractivity contribution in [1.29, 1.82) is 0 Å². The number of amides is 1. The number of hydrazone groups is 1. The SMILES string of the molecule is CCOc1cc(/C=N/NC(=O)c2ccccc2)ccc1OCc1ccc(Cl)cc1. The predicted octanol–water partition coefficient (Wildman–Crippen LogP) is 5.08. The molecule has 3 aromatic rings. The molecule has 1 N–H and O–H groups in total. The number of hydrogen-bond donors (Lipinski definition) is 1. The van der Waals surface area contributed by atoms with Crippen LogP contribution < -0.4 is 14.9 Å². The summed E-state index contributed by atoms with van der Waals surface area (Å²) in [6.07, 6.45) is 1.56. The molecule has 3 aromatic carbocycles. The zero-order chi connectivity index (χ0) is 20.5. The summed E-state index contributed by atoms with van der Waals surface area (Å²) in [5, 5.41) is 4.70. The molecule has 0 aromatic heterocycles. The summed E-state index contributed by atoms with van der Waals surface area (Å²) < 4.78 is 11.6. The van der Waals surface area contributed by atoms with Crippen molar-refractivity contribution in [3.8, 4) is 11.5 Å². The highest BCUT2D eigenvalue weighted by atomic mass is 35.5. The van der Waals surface area contributed by atoms with Crippen LogP contribution in [0.4, 0.5) is 0 Å². The second-order valence-electron chi connectivity index (χ2n) is 6.12. The monoisotopic (exact) mass is 408 g/mol. The molecule has 0 aliphatic rings. The molecule has 0 saturated carbocycles. The fraction of sp³-hybridized carbons (Fsp3) is 0.130. The third-order valence-electron chi connectivity index (χ3n) is 3.99. The predicted molar refractivity (Wildman–Crippen MR) is 115 cm³/mol. The van der Waals surface area contributed by atoms with E-state index in [9.17, 15) is 4.79 Å². The van der Waals surface area contributed by atoms with E-state index in [-0.39, 0.29) is 5.91 Å². The first-order valence-corrected chi connectivity index (χ1v) is 9.56. The molecule has 148 valence electrons. The Morgan fingerprint density at radius 3 is 2.48 bits per heavy atom. The minimum absolute atomic E-state index is 0.269. The van der Waals surface area contributed by atoms with Gasteiger partial charge in [-0.3, -0.25) is 4.79 Å². The van der Waals surface area contributed by atoms with Gasteiger partial charge in [-0.05, 0) is 60.5 Å². The molecule has 0 aliphatic carbocycles. The Morgan fingerprint density at radius 1 is 1.00 bits per heavy atom. The summed E-state index contributed by atoms with van der Waals surface area (Å²) in [6, 6.07) is 21.9. The minimum Gasteiger partial charge on any atom is -0.490 e. The van der Waals surface area contributed by atoms with Crippen LogP contribution >= 0.6 is 11.6 Å². The van der Waals surface area contributed by atoms with Gasteiger partial charge in [-0.15, -0.1) is 0 Å². The normalized spacial score (nSPS) is 10.7. The van der Waals surface area contributed by atoms with E-state index in [2.05, 4.69) is 10.5 Å². The highest BCUT2D eigenvalue weighted by molar-refractivity contribution is 6.30. The van der Waals surface area contributed by atoms with E-state index >= 15 is 0 Å². The standard InChI is InChI=1S/C23H21ClN2O3/c1-2-28-22-14-18(15-25-26-23(27)19-6-4-3-5-7-19)10-13-21(22)29-16-17-8-11-20(24)12-9-17/h3-15H,2,16H2,1H3,(H,26,27)/b25-15+. The lowest BCUT2D eigenvalue weighted by Gasteiger charge is -2.12. The lowest BCUT2D eigenvalue weighted by Crippen LogP contribution is -2.17. The summed E-state index contributed by atoms with van der Waals surface area (Å²) in [5.41, 5.74) is 4.84. The molecule has 0 atom stereocenters. The van der Waals surface area contributed by atoms with Gasteiger partial charge in [-0.1, -0.05) is 41.9 Å². The van der Waals surface area contributed by atoms with Gasteiger partial charge < -0.3 is 9.47 Å². The zero-order valence-corrected chi connectivity index (χ0v) is 16.7. The van der Waals surface area contributed by atoms with Gasteiger partial charge in [0.2, 0.25) is 0 Å². The molecule has 0 heterocycles. The van der Waals surface area contributed by atoms with E-state index in [1.54, 1.807) is 30.5 Å². The lowest BCUT2D eigenvalue weighted by atomic mass is 10.2. The summed E-state index contributed by atoms with van der Waals surface area (Å²) in [5.74, 6) is 0.974. The molecule has 0 aliphatic heterocycles. The van der Waals surface area contributed by atoms with Crippen molar-refractivity contribution in [1.82, 2.24) is 5.43 Å². The van der Waals surface area contributed by atoms with Crippen molar-refractivity contribution in [2.45, 2.75) is 13.5 Å². The summed E-state index contributed by atoms with van der Waals surface area (Å²) in [6.45, 7) is 2.81. The Morgan fingerprint density at radius 2 is 1.76 bits per heavy atom. The summed E-state index contributed by atoms with van der Waals surface area (Å²) in [4.78, 5) is 12.0. The number of nitrogens with one attached hydrogen (secondary N) is 1. The Kier molecular flexibility index (Phi) is 7.25. The van der Waals surface area contributed by atoms with Gasteiger partial charge in [0.15, 0.2) is 11.5 Å². The third kappa shape index (κ3) is 6.09. The molecular weight excluding hydrogens is 388 g/mol. The van der Waals surface area contributed by atoms with Gasteiger partial charge in [0.05, 0.1) is 12.8 Å². The van der Waals surface area contributed by atoms with Gasteiger partial charge >= 0.3 is 0 Å². The summed E-state index contributed by atoms with van der Waals surface area (Å²) >= 11 is 5.91. The van der Waals surface area contributed by atoms with Crippen LogP contribution in [-0.2, 0) is 6.61 Å². The first-order chi connectivity index (χ1) is 14.2. The molecule has 6 heteroatoms. The maximum Gasteiger partial charge on any atom is 0.271 e. The second kappa shape index (κ2) is 10.3. The lowest BCUT2D eigenvalue weighted by molar-refractivity contribution is 0.0955. The van der Waals surface area contributed by atoms with Crippen LogP contribution in [0, 0.1) is 0 Å². The first-order valence-electron chi connectivity index (χ1n) is 9.18. The quantitative estimate of drug-likeness (QED) is 0.417. The van der Waals surface area contributed by atoms with Crippen molar-refractivity contribution in [2.24, 2.45) is 5.10 Å². The van der Waals surface area contributed by atoms with Crippen LogP contribution in [-0.4, -0.2) is 18.7 Å². The van der Waals surface area contributed by atoms with Gasteiger partial charge in [0, 0.05) is 10.6 Å². The van der Waals surface area contributed by atoms with Gasteiger partial charge in [-0.25, -0.2) is 5.43 Å². The van der Waals surface area contributed by atoms with E-state index in [1.807, 2.05) is 55.5 Å². The van der Waals surface area contributed by atoms with Gasteiger partial charge in [-0.2, -0.15) is 5.10 Å². The van der Waals surface area contributed by atoms with E-state index < -0.39 is 0 Å². The highest BCUT2D eigenvalue weighted by Gasteiger charge is 2.07. The van der Waals surface area contributed by atoms with Crippen LogP contribution in [0.2, 0.25) is 5.02 Å². The number of nitrogens with zero attached hydrogens (tertiary/aromatic N) is 1. The average molecular weight is 409 g/mol. The largest absolute Gasteiger partial charge is 0.490 e. The van der Waals surface area contributed by atoms with Crippen molar-refractivity contribution in [3.63, 3.8) is 0 Å². The fourth-order valence-corrected chi connectivity index (χ4v) is 2.68. The molecular formula is C23H21ClN2O3. The molecule has 0 saturated heterocycles. The molecule has 5 nitrogen and oxygen atoms in total. The Hall–Kier alpha value is -3.31. The van der Waals surface area contributed by atoms with Crippen LogP contribution in [0.5, 0.6) is 11.5 Å². The molecule has 0 unspecified atom stereocenters. The fourth-order valence-electron chi connectivity index (χ4n) is 2.55. The van der Waals surface area contributed by atoms with Crippen LogP contribution in [0.25, 0.3) is 0 Å². The Balaban J connectivity index is 1.65. The van der Waals surface area contributed by atoms with Crippen molar-refractivity contribution < 1.29 is 14.3 Å². The Bertz CT molecular complexity index is 973. The molecule has 29 heavy (non-hydrogen) atoms. The molecule has 1 amide bonds. The van der Waals surface area contributed by atoms with E-state index in [4.69, 9.17) is 21.1 Å². The molecule has 0 radical (unpaired) electrons. The van der Waals surface area contributed by atoms with Crippen molar-refractivity contribution in [3.05, 3.63) is 94.5 Å². The number of benzene rings is 3. The topological polar surface area (TPSA) is 59.9 Å². The number of carbonyl (C=O) groups is 1. The molecule has 0 fully saturated rings. The molecule has 0 spiro atoms. The smallest absolute Gasteiger partial charge is 0.271 e.